The summed E-state index contributed by atoms with van der Waals surface area (Å²) in [5, 5.41) is 17.8. The Labute approximate surface area is 231 Å². The molecule has 198 valence electrons. The molecule has 0 aliphatic rings. The molecule has 0 saturated carbocycles. The van der Waals surface area contributed by atoms with E-state index >= 15 is 0 Å². The molecule has 2 aromatic rings. The average Bonchev–Trinajstić information content (AvgIpc) is 2.78. The molecule has 19 heteroatoms. The van der Waals surface area contributed by atoms with Gasteiger partial charge < -0.3 is 20.3 Å². The second-order valence-electron chi connectivity index (χ2n) is 5.75. The van der Waals surface area contributed by atoms with Crippen molar-refractivity contribution in [3.8, 4) is 11.5 Å². The summed E-state index contributed by atoms with van der Waals surface area (Å²) >= 11 is -7.44. The zero-order valence-electron chi connectivity index (χ0n) is 18.2. The van der Waals surface area contributed by atoms with Crippen LogP contribution in [0.4, 0.5) is 26.3 Å². The Morgan fingerprint density at radius 2 is 1.27 bits per heavy atom. The van der Waals surface area contributed by atoms with E-state index in [1.54, 1.807) is 0 Å². The van der Waals surface area contributed by atoms with Gasteiger partial charge in [0.1, 0.15) is 18.1 Å². The van der Waals surface area contributed by atoms with Gasteiger partial charge in [-0.2, -0.15) is 31.1 Å². The van der Waals surface area contributed by atoms with Crippen LogP contribution in [0.2, 0.25) is 0 Å². The third-order valence-electron chi connectivity index (χ3n) is 3.19. The first-order valence-corrected chi connectivity index (χ1v) is 10.7. The number of aromatic hydroxyl groups is 2. The van der Waals surface area contributed by atoms with Crippen molar-refractivity contribution < 1.29 is 97.6 Å². The maximum absolute atomic E-state index is 11.8. The molecule has 2 atom stereocenters. The fraction of sp³-hybridized carbons (Fsp3) is 0.167. The van der Waals surface area contributed by atoms with E-state index in [1.807, 2.05) is 0 Å². The number of ketones is 2. The van der Waals surface area contributed by atoms with Crippen molar-refractivity contribution >= 4 is 39.9 Å². The number of halogens is 6. The van der Waals surface area contributed by atoms with Crippen molar-refractivity contribution in [3.63, 3.8) is 0 Å². The summed E-state index contributed by atoms with van der Waals surface area (Å²) in [4.78, 5) is 24.8. The minimum atomic E-state index is -5.08. The summed E-state index contributed by atoms with van der Waals surface area (Å²) in [5.41, 5.74) is -1.61. The van der Waals surface area contributed by atoms with E-state index in [1.165, 1.54) is 48.5 Å². The zero-order valence-corrected chi connectivity index (χ0v) is 21.9. The molecule has 0 heterocycles. The molecular formula is C18H13F6N2NaO8S2. The number of phenolic OH excluding ortho intramolecular Hbond substituents is 2. The molecule has 0 fully saturated rings. The van der Waals surface area contributed by atoms with Crippen molar-refractivity contribution in [2.45, 2.75) is 11.0 Å². The van der Waals surface area contributed by atoms with E-state index in [2.05, 4.69) is 8.97 Å². The minimum Gasteiger partial charge on any atom is -0.766 e. The summed E-state index contributed by atoms with van der Waals surface area (Å²) < 4.78 is 99.2. The first kappa shape index (κ1) is 36.7. The number of hydrogen-bond donors (Lipinski definition) is 2. The molecule has 2 aromatic carbocycles. The second kappa shape index (κ2) is 17.1. The molecule has 0 aliphatic carbocycles. The minimum absolute atomic E-state index is 0. The molecule has 0 saturated heterocycles. The number of rotatable bonds is 6. The molecule has 0 aromatic heterocycles. The van der Waals surface area contributed by atoms with Gasteiger partial charge in [0.05, 0.1) is 11.1 Å². The quantitative estimate of drug-likeness (QED) is 0.0907. The zero-order chi connectivity index (χ0) is 28.1. The van der Waals surface area contributed by atoms with Crippen LogP contribution >= 0.6 is 0 Å². The number of Topliss-reactive ketones (excluding diaryl/α,β-unsaturated/α-hetero) is 2. The molecular weight excluding hydrogens is 573 g/mol. The smallest absolute Gasteiger partial charge is 0.766 e. The van der Waals surface area contributed by atoms with Gasteiger partial charge in [0.15, 0.2) is 5.78 Å². The van der Waals surface area contributed by atoms with Gasteiger partial charge in [-0.05, 0) is 48.5 Å². The fourth-order valence-corrected chi connectivity index (χ4v) is 2.00. The van der Waals surface area contributed by atoms with Gasteiger partial charge >= 0.3 is 46.8 Å². The summed E-state index contributed by atoms with van der Waals surface area (Å²) in [5.74, 6) is -1.16. The monoisotopic (exact) mass is 586 g/mol. The number of benzene rings is 2. The molecule has 0 amide bonds. The van der Waals surface area contributed by atoms with Crippen LogP contribution in [0.5, 0.6) is 11.5 Å². The van der Waals surface area contributed by atoms with Crippen LogP contribution in [0.3, 0.4) is 0 Å². The number of hydrogen-bond acceptors (Lipinski definition) is 8. The van der Waals surface area contributed by atoms with Crippen LogP contribution in [-0.4, -0.2) is 63.4 Å². The van der Waals surface area contributed by atoms with Crippen molar-refractivity contribution in [3.05, 3.63) is 65.2 Å². The molecule has 0 spiro atoms. The summed E-state index contributed by atoms with van der Waals surface area (Å²) in [6.45, 7) is -0.948. The Bertz CT molecular complexity index is 1120. The Hall–Kier alpha value is -2.44. The fourth-order valence-electron chi connectivity index (χ4n) is 1.66. The normalized spacial score (nSPS) is 12.1. The standard InChI is InChI=1S/C9H7F3O4S.C8H6N2O2.CHF3O2S.Na/c10-9(11,12)17(15)16-5-8(14)6-1-3-7(13)4-2-6;9-10-5-8(12)6-1-3-7(11)4-2-6;2-1(3,4)7(5)6;/h1-4,13H,5H2;1-5,11H;(H,5,6);/q;;;+1/p-1. The predicted octanol–water partition coefficient (Wildman–Crippen LogP) is 0.0398. The molecule has 10 nitrogen and oxygen atoms in total. The summed E-state index contributed by atoms with van der Waals surface area (Å²) in [6, 6.07) is 10.5. The SMILES string of the molecule is O=C(COS(=O)C(F)(F)F)c1ccc(O)cc1.O=S([O-])C(F)(F)F.[N-]=[N+]=CC(=O)c1ccc(O)cc1.[Na+]. The number of carbonyl (C=O) groups is 2. The molecule has 2 rings (SSSR count). The first-order chi connectivity index (χ1) is 16.5. The van der Waals surface area contributed by atoms with Gasteiger partial charge in [-0.15, -0.1) is 0 Å². The molecule has 2 unspecified atom stereocenters. The van der Waals surface area contributed by atoms with Crippen molar-refractivity contribution in [1.82, 2.24) is 0 Å². The Morgan fingerprint density at radius 3 is 1.59 bits per heavy atom. The van der Waals surface area contributed by atoms with Crippen molar-refractivity contribution in [2.75, 3.05) is 6.61 Å². The van der Waals surface area contributed by atoms with E-state index in [9.17, 15) is 40.1 Å². The number of alkyl halides is 6. The number of carbonyl (C=O) groups excluding carboxylic acids is 2. The summed E-state index contributed by atoms with van der Waals surface area (Å²) in [7, 11) is 0. The Morgan fingerprint density at radius 1 is 0.892 bits per heavy atom. The largest absolute Gasteiger partial charge is 1.00 e. The summed E-state index contributed by atoms with van der Waals surface area (Å²) in [6.07, 6.45) is 0.798. The van der Waals surface area contributed by atoms with E-state index in [0.29, 0.717) is 5.56 Å². The average molecular weight is 586 g/mol. The Kier molecular flexibility index (Phi) is 17.0. The topological polar surface area (TPSA) is 177 Å². The maximum atomic E-state index is 11.8. The van der Waals surface area contributed by atoms with Gasteiger partial charge in [0, 0.05) is 11.1 Å². The van der Waals surface area contributed by atoms with Gasteiger partial charge in [0.2, 0.25) is 0 Å². The van der Waals surface area contributed by atoms with Gasteiger partial charge in [-0.25, -0.2) is 4.21 Å². The van der Waals surface area contributed by atoms with Crippen LogP contribution in [0.1, 0.15) is 20.7 Å². The maximum Gasteiger partial charge on any atom is 1.00 e. The second-order valence-corrected chi connectivity index (χ2v) is 7.85. The predicted molar refractivity (Wildman–Crippen MR) is 110 cm³/mol. The van der Waals surface area contributed by atoms with Crippen molar-refractivity contribution in [2.24, 2.45) is 0 Å². The van der Waals surface area contributed by atoms with Gasteiger partial charge in [-0.3, -0.25) is 18.0 Å². The van der Waals surface area contributed by atoms with E-state index in [4.69, 9.17) is 24.5 Å². The Balaban J connectivity index is 0. The third kappa shape index (κ3) is 16.1. The van der Waals surface area contributed by atoms with Crippen LogP contribution in [0.15, 0.2) is 48.5 Å². The molecule has 37 heavy (non-hydrogen) atoms. The van der Waals surface area contributed by atoms with Crippen LogP contribution in [0, 0.1) is 0 Å². The molecule has 2 N–H and O–H groups in total. The van der Waals surface area contributed by atoms with Crippen LogP contribution in [0.25, 0.3) is 5.53 Å². The van der Waals surface area contributed by atoms with E-state index < -0.39 is 51.4 Å². The van der Waals surface area contributed by atoms with Gasteiger partial charge in [0.25, 0.3) is 16.9 Å². The van der Waals surface area contributed by atoms with Crippen LogP contribution in [-0.2, 0) is 26.3 Å². The molecule has 0 bridgehead atoms. The third-order valence-corrected chi connectivity index (χ3v) is 4.28. The molecule has 0 aliphatic heterocycles. The first-order valence-electron chi connectivity index (χ1n) is 8.60. The number of nitrogens with zero attached hydrogens (tertiary/aromatic N) is 2. The van der Waals surface area contributed by atoms with E-state index in [0.717, 1.165) is 6.21 Å². The van der Waals surface area contributed by atoms with E-state index in [-0.39, 0.29) is 46.6 Å². The molecule has 0 radical (unpaired) electrons. The van der Waals surface area contributed by atoms with Crippen LogP contribution < -0.4 is 29.6 Å². The van der Waals surface area contributed by atoms with Crippen molar-refractivity contribution in [1.29, 1.82) is 0 Å². The van der Waals surface area contributed by atoms with Gasteiger partial charge in [-0.1, -0.05) is 0 Å². The number of phenols is 2.